The summed E-state index contributed by atoms with van der Waals surface area (Å²) in [6.45, 7) is 9.35. The van der Waals surface area contributed by atoms with Crippen LogP contribution in [0, 0.1) is 0 Å². The molecular weight excluding hydrogens is 368 g/mol. The van der Waals surface area contributed by atoms with Crippen molar-refractivity contribution in [3.8, 4) is 5.75 Å². The Morgan fingerprint density at radius 3 is 2.57 bits per heavy atom. The minimum atomic E-state index is -1.57. The van der Waals surface area contributed by atoms with Crippen LogP contribution in [0.5, 0.6) is 5.75 Å². The van der Waals surface area contributed by atoms with Crippen LogP contribution in [0.25, 0.3) is 10.8 Å². The van der Waals surface area contributed by atoms with E-state index in [0.29, 0.717) is 6.61 Å². The highest BCUT2D eigenvalue weighted by molar-refractivity contribution is 9.10. The molecule has 2 aromatic rings. The molecule has 0 N–H and O–H groups in total. The maximum absolute atomic E-state index is 6.25. The molecule has 114 valence electrons. The van der Waals surface area contributed by atoms with Crippen LogP contribution in [0.2, 0.25) is 24.7 Å². The zero-order valence-corrected chi connectivity index (χ0v) is 16.1. The van der Waals surface area contributed by atoms with E-state index in [2.05, 4.69) is 35.6 Å². The summed E-state index contributed by atoms with van der Waals surface area (Å²) in [5.41, 5.74) is 0. The molecule has 2 aromatic carbocycles. The Morgan fingerprint density at radius 1 is 1.24 bits per heavy atom. The van der Waals surface area contributed by atoms with Crippen molar-refractivity contribution in [2.45, 2.75) is 32.5 Å². The van der Waals surface area contributed by atoms with Gasteiger partial charge in [-0.25, -0.2) is 0 Å². The summed E-state index contributed by atoms with van der Waals surface area (Å²) in [6, 6.07) is 9.83. The molecule has 1 unspecified atom stereocenters. The van der Waals surface area contributed by atoms with Crippen LogP contribution >= 0.6 is 27.5 Å². The first-order chi connectivity index (χ1) is 9.82. The Hall–Kier alpha value is -0.553. The van der Waals surface area contributed by atoms with Gasteiger partial charge in [0.05, 0.1) is 0 Å². The lowest BCUT2D eigenvalue weighted by atomic mass is 10.1. The van der Waals surface area contributed by atoms with E-state index in [1.807, 2.05) is 37.3 Å². The SMILES string of the molecule is CCOC(Oc1cc(Br)c2c(Cl)cccc2c1)[Si](C)(C)C. The molecule has 1 atom stereocenters. The molecule has 0 aliphatic carbocycles. The second-order valence-corrected chi connectivity index (χ2v) is 12.5. The van der Waals surface area contributed by atoms with E-state index in [-0.39, 0.29) is 5.91 Å². The lowest BCUT2D eigenvalue weighted by Crippen LogP contribution is -2.44. The lowest BCUT2D eigenvalue weighted by molar-refractivity contribution is -0.0233. The van der Waals surface area contributed by atoms with Gasteiger partial charge in [0.1, 0.15) is 13.8 Å². The number of hydrogen-bond acceptors (Lipinski definition) is 2. The summed E-state index contributed by atoms with van der Waals surface area (Å²) in [7, 11) is -1.57. The molecule has 0 heterocycles. The Morgan fingerprint density at radius 2 is 1.95 bits per heavy atom. The molecular formula is C16H20BrClO2Si. The number of benzene rings is 2. The highest BCUT2D eigenvalue weighted by Crippen LogP contribution is 2.35. The van der Waals surface area contributed by atoms with Crippen LogP contribution in [0.15, 0.2) is 34.8 Å². The molecule has 0 fully saturated rings. The van der Waals surface area contributed by atoms with Gasteiger partial charge < -0.3 is 9.47 Å². The molecule has 21 heavy (non-hydrogen) atoms. The smallest absolute Gasteiger partial charge is 0.179 e. The average molecular weight is 388 g/mol. The highest BCUT2D eigenvalue weighted by atomic mass is 79.9. The molecule has 0 aliphatic heterocycles. The van der Waals surface area contributed by atoms with Crippen LogP contribution < -0.4 is 4.74 Å². The van der Waals surface area contributed by atoms with E-state index < -0.39 is 8.07 Å². The van der Waals surface area contributed by atoms with Gasteiger partial charge in [-0.1, -0.05) is 43.4 Å². The van der Waals surface area contributed by atoms with Gasteiger partial charge in [-0.05, 0) is 46.4 Å². The molecule has 0 radical (unpaired) electrons. The summed E-state index contributed by atoms with van der Waals surface area (Å²) in [5.74, 6) is 0.642. The van der Waals surface area contributed by atoms with Crippen LogP contribution in [0.3, 0.4) is 0 Å². The van der Waals surface area contributed by atoms with Crippen LogP contribution in [-0.4, -0.2) is 20.6 Å². The quantitative estimate of drug-likeness (QED) is 0.471. The maximum atomic E-state index is 6.25. The summed E-state index contributed by atoms with van der Waals surface area (Å²) >= 11 is 9.84. The van der Waals surface area contributed by atoms with Crippen molar-refractivity contribution in [1.82, 2.24) is 0 Å². The number of fused-ring (bicyclic) bond motifs is 1. The van der Waals surface area contributed by atoms with Crippen molar-refractivity contribution >= 4 is 46.4 Å². The Bertz CT molecular complexity index is 640. The number of rotatable bonds is 5. The van der Waals surface area contributed by atoms with Crippen molar-refractivity contribution in [1.29, 1.82) is 0 Å². The molecule has 0 aliphatic rings. The molecule has 0 aromatic heterocycles. The first-order valence-electron chi connectivity index (χ1n) is 6.99. The number of halogens is 2. The van der Waals surface area contributed by atoms with Crippen LogP contribution in [0.4, 0.5) is 0 Å². The maximum Gasteiger partial charge on any atom is 0.179 e. The summed E-state index contributed by atoms with van der Waals surface area (Å²) in [4.78, 5) is 0. The van der Waals surface area contributed by atoms with E-state index in [9.17, 15) is 0 Å². The minimum Gasteiger partial charge on any atom is -0.469 e. The fourth-order valence-electron chi connectivity index (χ4n) is 2.11. The van der Waals surface area contributed by atoms with E-state index >= 15 is 0 Å². The summed E-state index contributed by atoms with van der Waals surface area (Å²) in [5, 5.41) is 2.79. The van der Waals surface area contributed by atoms with Crippen molar-refractivity contribution in [3.05, 3.63) is 39.8 Å². The fourth-order valence-corrected chi connectivity index (χ4v) is 4.33. The molecule has 2 rings (SSSR count). The summed E-state index contributed by atoms with van der Waals surface area (Å²) in [6.07, 6.45) is 0. The van der Waals surface area contributed by atoms with Gasteiger partial charge in [0.15, 0.2) is 5.91 Å². The highest BCUT2D eigenvalue weighted by Gasteiger charge is 2.29. The molecule has 2 nitrogen and oxygen atoms in total. The largest absolute Gasteiger partial charge is 0.469 e. The Balaban J connectivity index is 2.39. The zero-order valence-electron chi connectivity index (χ0n) is 12.7. The summed E-state index contributed by atoms with van der Waals surface area (Å²) < 4.78 is 12.8. The van der Waals surface area contributed by atoms with Gasteiger partial charge >= 0.3 is 0 Å². The molecule has 0 bridgehead atoms. The van der Waals surface area contributed by atoms with Gasteiger partial charge in [-0.3, -0.25) is 0 Å². The molecule has 0 amide bonds. The van der Waals surface area contributed by atoms with Crippen LogP contribution in [0.1, 0.15) is 6.92 Å². The van der Waals surface area contributed by atoms with Crippen LogP contribution in [-0.2, 0) is 4.74 Å². The molecule has 5 heteroatoms. The van der Waals surface area contributed by atoms with Gasteiger partial charge in [0.25, 0.3) is 0 Å². The average Bonchev–Trinajstić information content (AvgIpc) is 2.36. The molecule has 0 saturated heterocycles. The predicted molar refractivity (Wildman–Crippen MR) is 96.0 cm³/mol. The first kappa shape index (κ1) is 16.8. The predicted octanol–water partition coefficient (Wildman–Crippen LogP) is 5.87. The standard InChI is InChI=1S/C16H20BrClO2Si/c1-5-19-16(21(2,3)4)20-12-9-11-7-6-8-14(18)15(11)13(17)10-12/h6-10,16H,5H2,1-4H3. The lowest BCUT2D eigenvalue weighted by Gasteiger charge is -2.29. The Labute approximate surface area is 140 Å². The van der Waals surface area contributed by atoms with Crippen molar-refractivity contribution in [3.63, 3.8) is 0 Å². The fraction of sp³-hybridized carbons (Fsp3) is 0.375. The van der Waals surface area contributed by atoms with Gasteiger partial charge in [0.2, 0.25) is 0 Å². The number of hydrogen-bond donors (Lipinski definition) is 0. The number of ether oxygens (including phenoxy) is 2. The van der Waals surface area contributed by atoms with E-state index in [4.69, 9.17) is 21.1 Å². The van der Waals surface area contributed by atoms with Gasteiger partial charge in [-0.15, -0.1) is 0 Å². The van der Waals surface area contributed by atoms with E-state index in [1.165, 1.54) is 0 Å². The normalized spacial score (nSPS) is 13.4. The van der Waals surface area contributed by atoms with Crippen molar-refractivity contribution in [2.24, 2.45) is 0 Å². The van der Waals surface area contributed by atoms with E-state index in [0.717, 1.165) is 26.0 Å². The zero-order chi connectivity index (χ0) is 15.6. The topological polar surface area (TPSA) is 18.5 Å². The second-order valence-electron chi connectivity index (χ2n) is 6.01. The monoisotopic (exact) mass is 386 g/mol. The minimum absolute atomic E-state index is 0.161. The van der Waals surface area contributed by atoms with Gasteiger partial charge in [0, 0.05) is 21.5 Å². The third kappa shape index (κ3) is 4.00. The first-order valence-corrected chi connectivity index (χ1v) is 11.7. The third-order valence-corrected chi connectivity index (χ3v) is 5.76. The second kappa shape index (κ2) is 6.69. The van der Waals surface area contributed by atoms with Crippen molar-refractivity contribution in [2.75, 3.05) is 6.61 Å². The third-order valence-electron chi connectivity index (χ3n) is 3.12. The Kier molecular flexibility index (Phi) is 5.36. The molecule has 0 saturated carbocycles. The van der Waals surface area contributed by atoms with Gasteiger partial charge in [-0.2, -0.15) is 0 Å². The molecule has 0 spiro atoms. The van der Waals surface area contributed by atoms with Crippen molar-refractivity contribution < 1.29 is 9.47 Å². The van der Waals surface area contributed by atoms with E-state index in [1.54, 1.807) is 0 Å².